The van der Waals surface area contributed by atoms with E-state index < -0.39 is 0 Å². The minimum absolute atomic E-state index is 0.0924. The van der Waals surface area contributed by atoms with Crippen molar-refractivity contribution in [2.75, 3.05) is 0 Å². The number of hydrogen-bond acceptors (Lipinski definition) is 3. The highest BCUT2D eigenvalue weighted by Crippen LogP contribution is 2.23. The molecule has 1 aromatic carbocycles. The molecule has 1 N–H and O–H groups in total. The molecule has 0 radical (unpaired) electrons. The molecular formula is C12H12O2S. The summed E-state index contributed by atoms with van der Waals surface area (Å²) in [5, 5.41) is 8.99. The molecule has 0 saturated carbocycles. The van der Waals surface area contributed by atoms with Crippen molar-refractivity contribution in [3.8, 4) is 0 Å². The van der Waals surface area contributed by atoms with E-state index >= 15 is 0 Å². The Hall–Kier alpha value is -1.19. The van der Waals surface area contributed by atoms with Crippen molar-refractivity contribution in [1.29, 1.82) is 0 Å². The molecule has 0 fully saturated rings. The molecule has 1 aromatic heterocycles. The Morgan fingerprint density at radius 1 is 1.20 bits per heavy atom. The van der Waals surface area contributed by atoms with Crippen LogP contribution in [0.3, 0.4) is 0 Å². The molecule has 0 aliphatic rings. The van der Waals surface area contributed by atoms with E-state index in [1.54, 1.807) is 18.0 Å². The first-order chi connectivity index (χ1) is 7.38. The van der Waals surface area contributed by atoms with Gasteiger partial charge in [-0.05, 0) is 29.8 Å². The predicted octanol–water partition coefficient (Wildman–Crippen LogP) is 3.06. The van der Waals surface area contributed by atoms with Gasteiger partial charge in [-0.3, -0.25) is 0 Å². The summed E-state index contributed by atoms with van der Waals surface area (Å²) >= 11 is 1.70. The van der Waals surface area contributed by atoms with Gasteiger partial charge in [-0.25, -0.2) is 0 Å². The van der Waals surface area contributed by atoms with Gasteiger partial charge in [0.05, 0.1) is 18.6 Å². The molecule has 0 unspecified atom stereocenters. The van der Waals surface area contributed by atoms with Gasteiger partial charge in [0.1, 0.15) is 5.76 Å². The summed E-state index contributed by atoms with van der Waals surface area (Å²) in [6.45, 7) is 0.0924. The zero-order valence-corrected chi connectivity index (χ0v) is 9.04. The summed E-state index contributed by atoms with van der Waals surface area (Å²) < 4.78 is 5.24. The summed E-state index contributed by atoms with van der Waals surface area (Å²) in [5.74, 6) is 1.79. The first kappa shape index (κ1) is 10.3. The Morgan fingerprint density at radius 3 is 2.87 bits per heavy atom. The first-order valence-corrected chi connectivity index (χ1v) is 5.72. The topological polar surface area (TPSA) is 33.4 Å². The third-order valence-electron chi connectivity index (χ3n) is 2.04. The van der Waals surface area contributed by atoms with Crippen molar-refractivity contribution < 1.29 is 9.52 Å². The monoisotopic (exact) mass is 220 g/mol. The van der Waals surface area contributed by atoms with Gasteiger partial charge in [0.25, 0.3) is 0 Å². The number of benzene rings is 1. The molecule has 2 rings (SSSR count). The van der Waals surface area contributed by atoms with Crippen LogP contribution in [0.1, 0.15) is 11.3 Å². The third-order valence-corrected chi connectivity index (χ3v) is 3.06. The molecule has 0 atom stereocenters. The molecule has 15 heavy (non-hydrogen) atoms. The van der Waals surface area contributed by atoms with Gasteiger partial charge in [0, 0.05) is 4.90 Å². The number of aliphatic hydroxyl groups is 1. The van der Waals surface area contributed by atoms with E-state index in [4.69, 9.17) is 9.52 Å². The van der Waals surface area contributed by atoms with Crippen LogP contribution in [0.5, 0.6) is 0 Å². The standard InChI is InChI=1S/C12H12O2S/c13-8-10-3-1-5-12(7-10)15-9-11-4-2-6-14-11/h1-7,13H,8-9H2. The van der Waals surface area contributed by atoms with Gasteiger partial charge < -0.3 is 9.52 Å². The number of furan rings is 1. The van der Waals surface area contributed by atoms with Gasteiger partial charge in [0.2, 0.25) is 0 Å². The highest BCUT2D eigenvalue weighted by Gasteiger charge is 1.99. The van der Waals surface area contributed by atoms with Gasteiger partial charge in [-0.15, -0.1) is 11.8 Å². The number of rotatable bonds is 4. The van der Waals surface area contributed by atoms with E-state index in [-0.39, 0.29) is 6.61 Å². The molecule has 2 nitrogen and oxygen atoms in total. The normalized spacial score (nSPS) is 10.5. The molecule has 78 valence electrons. The quantitative estimate of drug-likeness (QED) is 0.804. The fraction of sp³-hybridized carbons (Fsp3) is 0.167. The van der Waals surface area contributed by atoms with Gasteiger partial charge >= 0.3 is 0 Å². The SMILES string of the molecule is OCc1cccc(SCc2ccco2)c1. The smallest absolute Gasteiger partial charge is 0.113 e. The van der Waals surface area contributed by atoms with Crippen LogP contribution in [0.15, 0.2) is 52.0 Å². The summed E-state index contributed by atoms with van der Waals surface area (Å²) in [4.78, 5) is 1.15. The van der Waals surface area contributed by atoms with Crippen molar-refractivity contribution in [3.05, 3.63) is 54.0 Å². The van der Waals surface area contributed by atoms with Crippen LogP contribution in [0, 0.1) is 0 Å². The van der Waals surface area contributed by atoms with Crippen LogP contribution >= 0.6 is 11.8 Å². The Labute approximate surface area is 92.9 Å². The lowest BCUT2D eigenvalue weighted by Crippen LogP contribution is -1.83. The van der Waals surface area contributed by atoms with Crippen LogP contribution < -0.4 is 0 Å². The van der Waals surface area contributed by atoms with Gasteiger partial charge in [0.15, 0.2) is 0 Å². The second kappa shape index (κ2) is 5.05. The average molecular weight is 220 g/mol. The second-order valence-electron chi connectivity index (χ2n) is 3.17. The van der Waals surface area contributed by atoms with E-state index in [0.29, 0.717) is 0 Å². The third kappa shape index (κ3) is 2.88. The maximum Gasteiger partial charge on any atom is 0.113 e. The van der Waals surface area contributed by atoms with Gasteiger partial charge in [-0.2, -0.15) is 0 Å². The largest absolute Gasteiger partial charge is 0.468 e. The molecule has 1 heterocycles. The average Bonchev–Trinajstić information content (AvgIpc) is 2.79. The molecule has 2 aromatic rings. The molecule has 0 spiro atoms. The summed E-state index contributed by atoms with van der Waals surface area (Å²) in [6, 6.07) is 11.7. The summed E-state index contributed by atoms with van der Waals surface area (Å²) in [5.41, 5.74) is 0.944. The van der Waals surface area contributed by atoms with E-state index in [9.17, 15) is 0 Å². The lowest BCUT2D eigenvalue weighted by Gasteiger charge is -2.01. The zero-order chi connectivity index (χ0) is 10.5. The maximum absolute atomic E-state index is 8.99. The summed E-state index contributed by atoms with van der Waals surface area (Å²) in [7, 11) is 0. The highest BCUT2D eigenvalue weighted by molar-refractivity contribution is 7.98. The van der Waals surface area contributed by atoms with E-state index in [0.717, 1.165) is 22.0 Å². The molecule has 3 heteroatoms. The number of aliphatic hydroxyl groups excluding tert-OH is 1. The first-order valence-electron chi connectivity index (χ1n) is 4.73. The van der Waals surface area contributed by atoms with E-state index in [1.165, 1.54) is 0 Å². The van der Waals surface area contributed by atoms with E-state index in [2.05, 4.69) is 0 Å². The molecule has 0 saturated heterocycles. The fourth-order valence-electron chi connectivity index (χ4n) is 1.28. The van der Waals surface area contributed by atoms with Crippen LogP contribution in [0.2, 0.25) is 0 Å². The fourth-order valence-corrected chi connectivity index (χ4v) is 2.17. The Morgan fingerprint density at radius 2 is 2.13 bits per heavy atom. The van der Waals surface area contributed by atoms with Crippen molar-refractivity contribution >= 4 is 11.8 Å². The van der Waals surface area contributed by atoms with Crippen LogP contribution in [0.4, 0.5) is 0 Å². The van der Waals surface area contributed by atoms with Crippen LogP contribution in [-0.4, -0.2) is 5.11 Å². The zero-order valence-electron chi connectivity index (χ0n) is 8.22. The molecular weight excluding hydrogens is 208 g/mol. The second-order valence-corrected chi connectivity index (χ2v) is 4.22. The number of hydrogen-bond donors (Lipinski definition) is 1. The van der Waals surface area contributed by atoms with Gasteiger partial charge in [-0.1, -0.05) is 12.1 Å². The van der Waals surface area contributed by atoms with Crippen molar-refractivity contribution in [3.63, 3.8) is 0 Å². The van der Waals surface area contributed by atoms with Crippen molar-refractivity contribution in [2.45, 2.75) is 17.3 Å². The Bertz CT molecular complexity index is 409. The van der Waals surface area contributed by atoms with E-state index in [1.807, 2.05) is 36.4 Å². The minimum Gasteiger partial charge on any atom is -0.468 e. The van der Waals surface area contributed by atoms with Crippen molar-refractivity contribution in [2.24, 2.45) is 0 Å². The molecule has 0 aliphatic carbocycles. The Balaban J connectivity index is 1.98. The van der Waals surface area contributed by atoms with Crippen molar-refractivity contribution in [1.82, 2.24) is 0 Å². The summed E-state index contributed by atoms with van der Waals surface area (Å²) in [6.07, 6.45) is 1.68. The lowest BCUT2D eigenvalue weighted by atomic mass is 10.2. The molecule has 0 aliphatic heterocycles. The highest BCUT2D eigenvalue weighted by atomic mass is 32.2. The molecule has 0 bridgehead atoms. The lowest BCUT2D eigenvalue weighted by molar-refractivity contribution is 0.281. The van der Waals surface area contributed by atoms with Crippen LogP contribution in [0.25, 0.3) is 0 Å². The molecule has 0 amide bonds. The van der Waals surface area contributed by atoms with Crippen LogP contribution in [-0.2, 0) is 12.4 Å². The Kier molecular flexibility index (Phi) is 3.48. The predicted molar refractivity (Wildman–Crippen MR) is 60.6 cm³/mol. The number of thioether (sulfide) groups is 1. The minimum atomic E-state index is 0.0924. The maximum atomic E-state index is 8.99.